The average Bonchev–Trinajstić information content (AvgIpc) is 2.65. The fraction of sp³-hybridized carbons (Fsp3) is 0.526. The third kappa shape index (κ3) is 6.15. The van der Waals surface area contributed by atoms with Crippen LogP contribution in [0.1, 0.15) is 18.4 Å². The highest BCUT2D eigenvalue weighted by Crippen LogP contribution is 2.16. The largest absolute Gasteiger partial charge is 0.481 e. The Morgan fingerprint density at radius 1 is 1.27 bits per heavy atom. The molecular formula is C19H26N2O5. The summed E-state index contributed by atoms with van der Waals surface area (Å²) in [6.45, 7) is 1.05. The smallest absolute Gasteiger partial charge is 0.308 e. The average molecular weight is 362 g/mol. The Morgan fingerprint density at radius 3 is 2.69 bits per heavy atom. The van der Waals surface area contributed by atoms with Gasteiger partial charge >= 0.3 is 5.97 Å². The Bertz CT molecular complexity index is 620. The summed E-state index contributed by atoms with van der Waals surface area (Å²) in [4.78, 5) is 38.3. The van der Waals surface area contributed by atoms with Crippen LogP contribution in [0.25, 0.3) is 0 Å². The highest BCUT2D eigenvalue weighted by Gasteiger charge is 2.28. The molecule has 0 bridgehead atoms. The minimum atomic E-state index is -0.876. The van der Waals surface area contributed by atoms with Crippen molar-refractivity contribution in [2.45, 2.75) is 19.3 Å². The molecule has 1 saturated heterocycles. The van der Waals surface area contributed by atoms with Crippen LogP contribution in [-0.4, -0.2) is 72.6 Å². The quantitative estimate of drug-likeness (QED) is 0.698. The molecule has 1 fully saturated rings. The number of hydrogen-bond acceptors (Lipinski definition) is 4. The number of rotatable bonds is 8. The molecule has 0 aliphatic carbocycles. The van der Waals surface area contributed by atoms with Gasteiger partial charge in [-0.2, -0.15) is 0 Å². The number of benzene rings is 1. The molecule has 1 unspecified atom stereocenters. The number of carboxylic acids is 1. The van der Waals surface area contributed by atoms with Gasteiger partial charge in [0.2, 0.25) is 11.8 Å². The second-order valence-electron chi connectivity index (χ2n) is 6.56. The standard InChI is InChI=1S/C19H26N2O5/c1-20(13-17(22)21-10-5-8-16(12-21)19(24)25)18(23)14-26-11-9-15-6-3-2-4-7-15/h2-4,6-7,16H,5,8-14H2,1H3,(H,24,25). The second kappa shape index (κ2) is 9.91. The van der Waals surface area contributed by atoms with Gasteiger partial charge in [0.1, 0.15) is 6.61 Å². The first kappa shape index (κ1) is 19.9. The van der Waals surface area contributed by atoms with Gasteiger partial charge in [0.15, 0.2) is 0 Å². The van der Waals surface area contributed by atoms with Crippen molar-refractivity contribution in [2.75, 3.05) is 39.9 Å². The highest BCUT2D eigenvalue weighted by atomic mass is 16.5. The van der Waals surface area contributed by atoms with Gasteiger partial charge in [-0.3, -0.25) is 14.4 Å². The van der Waals surface area contributed by atoms with E-state index in [9.17, 15) is 14.4 Å². The predicted octanol–water partition coefficient (Wildman–Crippen LogP) is 1.03. The molecule has 1 atom stereocenters. The number of carboxylic acid groups (broad SMARTS) is 1. The molecule has 26 heavy (non-hydrogen) atoms. The summed E-state index contributed by atoms with van der Waals surface area (Å²) in [5, 5.41) is 9.09. The summed E-state index contributed by atoms with van der Waals surface area (Å²) in [5.74, 6) is -1.89. The molecule has 1 aliphatic heterocycles. The lowest BCUT2D eigenvalue weighted by molar-refractivity contribution is -0.148. The van der Waals surface area contributed by atoms with Crippen molar-refractivity contribution in [1.82, 2.24) is 9.80 Å². The van der Waals surface area contributed by atoms with Crippen molar-refractivity contribution in [3.63, 3.8) is 0 Å². The van der Waals surface area contributed by atoms with Crippen molar-refractivity contribution >= 4 is 17.8 Å². The van der Waals surface area contributed by atoms with Gasteiger partial charge in [-0.05, 0) is 24.8 Å². The number of carbonyl (C=O) groups excluding carboxylic acids is 2. The van der Waals surface area contributed by atoms with E-state index in [1.54, 1.807) is 7.05 Å². The van der Waals surface area contributed by atoms with Crippen molar-refractivity contribution in [3.05, 3.63) is 35.9 Å². The number of aliphatic carboxylic acids is 1. The van der Waals surface area contributed by atoms with Crippen LogP contribution in [0, 0.1) is 5.92 Å². The molecule has 2 rings (SSSR count). The van der Waals surface area contributed by atoms with E-state index in [0.717, 1.165) is 12.0 Å². The fourth-order valence-electron chi connectivity index (χ4n) is 2.90. The maximum atomic E-state index is 12.3. The van der Waals surface area contributed by atoms with E-state index in [1.165, 1.54) is 9.80 Å². The minimum Gasteiger partial charge on any atom is -0.481 e. The SMILES string of the molecule is CN(CC(=O)N1CCCC(C(=O)O)C1)C(=O)COCCc1ccccc1. The van der Waals surface area contributed by atoms with E-state index in [0.29, 0.717) is 26.0 Å². The van der Waals surface area contributed by atoms with Crippen LogP contribution < -0.4 is 0 Å². The van der Waals surface area contributed by atoms with Crippen molar-refractivity contribution in [1.29, 1.82) is 0 Å². The van der Waals surface area contributed by atoms with Gasteiger partial charge in [0, 0.05) is 20.1 Å². The normalized spacial score (nSPS) is 17.0. The number of carbonyl (C=O) groups is 3. The van der Waals surface area contributed by atoms with E-state index < -0.39 is 11.9 Å². The zero-order chi connectivity index (χ0) is 18.9. The molecule has 0 spiro atoms. The highest BCUT2D eigenvalue weighted by molar-refractivity contribution is 5.85. The van der Waals surface area contributed by atoms with E-state index in [2.05, 4.69) is 0 Å². The van der Waals surface area contributed by atoms with E-state index in [4.69, 9.17) is 9.84 Å². The summed E-state index contributed by atoms with van der Waals surface area (Å²) >= 11 is 0. The summed E-state index contributed by atoms with van der Waals surface area (Å²) in [5.41, 5.74) is 1.14. The van der Waals surface area contributed by atoms with Crippen LogP contribution in [0.2, 0.25) is 0 Å². The predicted molar refractivity (Wildman–Crippen MR) is 95.5 cm³/mol. The molecule has 7 nitrogen and oxygen atoms in total. The molecule has 1 heterocycles. The Balaban J connectivity index is 1.69. The lowest BCUT2D eigenvalue weighted by Crippen LogP contribution is -2.47. The number of nitrogens with zero attached hydrogens (tertiary/aromatic N) is 2. The van der Waals surface area contributed by atoms with Gasteiger partial charge in [0.05, 0.1) is 19.1 Å². The summed E-state index contributed by atoms with van der Waals surface area (Å²) in [6.07, 6.45) is 1.98. The first-order valence-corrected chi connectivity index (χ1v) is 8.83. The maximum Gasteiger partial charge on any atom is 0.308 e. The lowest BCUT2D eigenvalue weighted by atomic mass is 9.98. The molecule has 142 valence electrons. The zero-order valence-electron chi connectivity index (χ0n) is 15.1. The van der Waals surface area contributed by atoms with E-state index in [1.807, 2.05) is 30.3 Å². The minimum absolute atomic E-state index is 0.0623. The van der Waals surface area contributed by atoms with Gasteiger partial charge in [-0.15, -0.1) is 0 Å². The maximum absolute atomic E-state index is 12.3. The molecule has 0 radical (unpaired) electrons. The summed E-state index contributed by atoms with van der Waals surface area (Å²) in [6, 6.07) is 9.85. The van der Waals surface area contributed by atoms with Gasteiger partial charge in [-0.1, -0.05) is 30.3 Å². The van der Waals surface area contributed by atoms with Crippen LogP contribution in [0.3, 0.4) is 0 Å². The lowest BCUT2D eigenvalue weighted by Gasteiger charge is -2.32. The first-order valence-electron chi connectivity index (χ1n) is 8.83. The van der Waals surface area contributed by atoms with Crippen LogP contribution in [0.4, 0.5) is 0 Å². The first-order chi connectivity index (χ1) is 12.5. The molecule has 7 heteroatoms. The van der Waals surface area contributed by atoms with Crippen molar-refractivity contribution in [2.24, 2.45) is 5.92 Å². The topological polar surface area (TPSA) is 87.2 Å². The van der Waals surface area contributed by atoms with E-state index in [-0.39, 0.29) is 31.5 Å². The molecule has 0 saturated carbocycles. The van der Waals surface area contributed by atoms with Gasteiger partial charge < -0.3 is 19.6 Å². The zero-order valence-corrected chi connectivity index (χ0v) is 15.1. The number of likely N-dealkylation sites (tertiary alicyclic amines) is 1. The molecule has 1 aromatic carbocycles. The molecule has 1 aliphatic rings. The number of likely N-dealkylation sites (N-methyl/N-ethyl adjacent to an activating group) is 1. The number of amides is 2. The van der Waals surface area contributed by atoms with Crippen LogP contribution >= 0.6 is 0 Å². The monoisotopic (exact) mass is 362 g/mol. The molecule has 0 aromatic heterocycles. The Morgan fingerprint density at radius 2 is 2.00 bits per heavy atom. The Labute approximate surface area is 153 Å². The number of ether oxygens (including phenoxy) is 1. The third-order valence-electron chi connectivity index (χ3n) is 4.52. The molecule has 2 amide bonds. The van der Waals surface area contributed by atoms with Gasteiger partial charge in [0.25, 0.3) is 0 Å². The summed E-state index contributed by atoms with van der Waals surface area (Å²) < 4.78 is 5.40. The van der Waals surface area contributed by atoms with Crippen LogP contribution in [-0.2, 0) is 25.5 Å². The van der Waals surface area contributed by atoms with Crippen LogP contribution in [0.5, 0.6) is 0 Å². The third-order valence-corrected chi connectivity index (χ3v) is 4.52. The summed E-state index contributed by atoms with van der Waals surface area (Å²) in [7, 11) is 1.55. The van der Waals surface area contributed by atoms with E-state index >= 15 is 0 Å². The van der Waals surface area contributed by atoms with Crippen molar-refractivity contribution in [3.8, 4) is 0 Å². The van der Waals surface area contributed by atoms with Gasteiger partial charge in [-0.25, -0.2) is 0 Å². The Hall–Kier alpha value is -2.41. The van der Waals surface area contributed by atoms with Crippen molar-refractivity contribution < 1.29 is 24.2 Å². The number of hydrogen-bond donors (Lipinski definition) is 1. The Kier molecular flexibility index (Phi) is 7.59. The number of piperidine rings is 1. The molecule has 1 N–H and O–H groups in total. The second-order valence-corrected chi connectivity index (χ2v) is 6.56. The van der Waals surface area contributed by atoms with Crippen LogP contribution in [0.15, 0.2) is 30.3 Å². The fourth-order valence-corrected chi connectivity index (χ4v) is 2.90. The molecular weight excluding hydrogens is 336 g/mol. The molecule has 1 aromatic rings.